The monoisotopic (exact) mass is 302 g/mol. The van der Waals surface area contributed by atoms with Crippen LogP contribution in [0.15, 0.2) is 42.5 Å². The zero-order valence-corrected chi connectivity index (χ0v) is 13.9. The summed E-state index contributed by atoms with van der Waals surface area (Å²) in [6.07, 6.45) is 0.398. The minimum absolute atomic E-state index is 0.157. The molecular formula is C19H23ClO. The van der Waals surface area contributed by atoms with Crippen LogP contribution in [0.5, 0.6) is 0 Å². The molecule has 0 heterocycles. The Morgan fingerprint density at radius 2 is 1.71 bits per heavy atom. The summed E-state index contributed by atoms with van der Waals surface area (Å²) in [7, 11) is 0. The molecule has 1 unspecified atom stereocenters. The molecule has 1 N–H and O–H groups in total. The number of aryl methyl sites for hydroxylation is 1. The van der Waals surface area contributed by atoms with Crippen molar-refractivity contribution in [2.24, 2.45) is 0 Å². The summed E-state index contributed by atoms with van der Waals surface area (Å²) < 4.78 is 0. The highest BCUT2D eigenvalue weighted by Gasteiger charge is 2.19. The van der Waals surface area contributed by atoms with Crippen LogP contribution in [0.3, 0.4) is 0 Å². The highest BCUT2D eigenvalue weighted by Crippen LogP contribution is 2.32. The summed E-state index contributed by atoms with van der Waals surface area (Å²) in [5.41, 5.74) is 4.07. The molecule has 0 saturated carbocycles. The van der Waals surface area contributed by atoms with Crippen LogP contribution in [0.4, 0.5) is 0 Å². The van der Waals surface area contributed by atoms with Crippen LogP contribution < -0.4 is 0 Å². The molecule has 112 valence electrons. The first-order valence-electron chi connectivity index (χ1n) is 7.40. The molecule has 0 amide bonds. The van der Waals surface area contributed by atoms with Crippen molar-refractivity contribution >= 4 is 11.6 Å². The van der Waals surface area contributed by atoms with Gasteiger partial charge in [-0.25, -0.2) is 0 Å². The number of rotatable bonds is 4. The van der Waals surface area contributed by atoms with Crippen molar-refractivity contribution in [2.45, 2.75) is 45.6 Å². The van der Waals surface area contributed by atoms with Gasteiger partial charge in [0.15, 0.2) is 0 Å². The molecule has 0 spiro atoms. The average Bonchev–Trinajstić information content (AvgIpc) is 2.49. The van der Waals surface area contributed by atoms with Gasteiger partial charge in [0.25, 0.3) is 0 Å². The van der Waals surface area contributed by atoms with Crippen LogP contribution in [-0.2, 0) is 5.41 Å². The molecule has 2 aromatic rings. The molecule has 21 heavy (non-hydrogen) atoms. The van der Waals surface area contributed by atoms with E-state index in [-0.39, 0.29) is 5.41 Å². The number of aliphatic hydroxyl groups excluding tert-OH is 1. The largest absolute Gasteiger partial charge is 0.384 e. The summed E-state index contributed by atoms with van der Waals surface area (Å²) in [6.45, 7) is 8.60. The standard InChI is InChI=1S/C19H23ClO/c1-5-19(3,4)15-11-9-14(10-12-15)18(21)16-8-6-7-13(2)17(16)20/h6-12,18,21H,5H2,1-4H3. The highest BCUT2D eigenvalue weighted by atomic mass is 35.5. The lowest BCUT2D eigenvalue weighted by Gasteiger charge is -2.24. The second-order valence-electron chi connectivity index (χ2n) is 6.24. The molecule has 1 atom stereocenters. The maximum absolute atomic E-state index is 10.6. The molecule has 0 aliphatic rings. The van der Waals surface area contributed by atoms with E-state index in [2.05, 4.69) is 32.9 Å². The minimum atomic E-state index is -0.684. The lowest BCUT2D eigenvalue weighted by molar-refractivity contribution is 0.220. The van der Waals surface area contributed by atoms with E-state index >= 15 is 0 Å². The number of benzene rings is 2. The van der Waals surface area contributed by atoms with E-state index in [4.69, 9.17) is 11.6 Å². The Balaban J connectivity index is 2.32. The SMILES string of the molecule is CCC(C)(C)c1ccc(C(O)c2cccc(C)c2Cl)cc1. The summed E-state index contributed by atoms with van der Waals surface area (Å²) in [4.78, 5) is 0. The summed E-state index contributed by atoms with van der Waals surface area (Å²) in [5, 5.41) is 11.2. The second kappa shape index (κ2) is 6.21. The fourth-order valence-corrected chi connectivity index (χ4v) is 2.61. The van der Waals surface area contributed by atoms with E-state index in [0.717, 1.165) is 23.1 Å². The van der Waals surface area contributed by atoms with Gasteiger partial charge in [0.05, 0.1) is 0 Å². The highest BCUT2D eigenvalue weighted by molar-refractivity contribution is 6.32. The first-order valence-corrected chi connectivity index (χ1v) is 7.78. The van der Waals surface area contributed by atoms with Gasteiger partial charge in [0, 0.05) is 10.6 Å². The zero-order valence-electron chi connectivity index (χ0n) is 13.2. The topological polar surface area (TPSA) is 20.2 Å². The molecular weight excluding hydrogens is 280 g/mol. The molecule has 2 rings (SSSR count). The molecule has 1 nitrogen and oxygen atoms in total. The predicted octanol–water partition coefficient (Wildman–Crippen LogP) is 5.42. The Bertz CT molecular complexity index is 614. The Hall–Kier alpha value is -1.31. The summed E-state index contributed by atoms with van der Waals surface area (Å²) in [5.74, 6) is 0. The van der Waals surface area contributed by atoms with Gasteiger partial charge in [0.1, 0.15) is 6.10 Å². The van der Waals surface area contributed by atoms with Crippen molar-refractivity contribution in [3.05, 3.63) is 69.7 Å². The van der Waals surface area contributed by atoms with Gasteiger partial charge < -0.3 is 5.11 Å². The van der Waals surface area contributed by atoms with Gasteiger partial charge >= 0.3 is 0 Å². The zero-order chi connectivity index (χ0) is 15.6. The normalized spacial score (nSPS) is 13.2. The maximum atomic E-state index is 10.6. The van der Waals surface area contributed by atoms with Crippen molar-refractivity contribution in [3.63, 3.8) is 0 Å². The summed E-state index contributed by atoms with van der Waals surface area (Å²) >= 11 is 6.30. The van der Waals surface area contributed by atoms with Gasteiger partial charge in [0.2, 0.25) is 0 Å². The molecule has 0 radical (unpaired) electrons. The quantitative estimate of drug-likeness (QED) is 0.799. The van der Waals surface area contributed by atoms with E-state index in [1.165, 1.54) is 5.56 Å². The Labute approximate surface area is 132 Å². The number of hydrogen-bond donors (Lipinski definition) is 1. The van der Waals surface area contributed by atoms with Gasteiger partial charge in [-0.15, -0.1) is 0 Å². The number of halogens is 1. The molecule has 0 bridgehead atoms. The minimum Gasteiger partial charge on any atom is -0.384 e. The molecule has 2 heteroatoms. The van der Waals surface area contributed by atoms with Crippen LogP contribution >= 0.6 is 11.6 Å². The van der Waals surface area contributed by atoms with Gasteiger partial charge in [-0.05, 0) is 35.4 Å². The van der Waals surface area contributed by atoms with Crippen LogP contribution in [0.25, 0.3) is 0 Å². The van der Waals surface area contributed by atoms with Gasteiger partial charge in [-0.2, -0.15) is 0 Å². The van der Waals surface area contributed by atoms with E-state index in [0.29, 0.717) is 5.02 Å². The average molecular weight is 303 g/mol. The fraction of sp³-hybridized carbons (Fsp3) is 0.368. The van der Waals surface area contributed by atoms with Crippen molar-refractivity contribution in [2.75, 3.05) is 0 Å². The summed E-state index contributed by atoms with van der Waals surface area (Å²) in [6, 6.07) is 14.0. The molecule has 0 aromatic heterocycles. The molecule has 0 aliphatic carbocycles. The predicted molar refractivity (Wildman–Crippen MR) is 90.0 cm³/mol. The van der Waals surface area contributed by atoms with Crippen molar-refractivity contribution in [1.82, 2.24) is 0 Å². The van der Waals surface area contributed by atoms with Gasteiger partial charge in [-0.3, -0.25) is 0 Å². The Morgan fingerprint density at radius 3 is 2.29 bits per heavy atom. The van der Waals surface area contributed by atoms with Crippen LogP contribution in [0.1, 0.15) is 55.5 Å². The molecule has 0 aliphatic heterocycles. The van der Waals surface area contributed by atoms with E-state index in [1.807, 2.05) is 37.3 Å². The van der Waals surface area contributed by atoms with Gasteiger partial charge in [-0.1, -0.05) is 74.8 Å². The third kappa shape index (κ3) is 3.30. The lowest BCUT2D eigenvalue weighted by atomic mass is 9.81. The third-order valence-corrected chi connectivity index (χ3v) is 4.92. The molecule has 2 aromatic carbocycles. The van der Waals surface area contributed by atoms with E-state index in [1.54, 1.807) is 0 Å². The maximum Gasteiger partial charge on any atom is 0.105 e. The van der Waals surface area contributed by atoms with Crippen LogP contribution in [-0.4, -0.2) is 5.11 Å². The van der Waals surface area contributed by atoms with E-state index in [9.17, 15) is 5.11 Å². The molecule has 0 fully saturated rings. The second-order valence-corrected chi connectivity index (χ2v) is 6.62. The first kappa shape index (κ1) is 16.1. The van der Waals surface area contributed by atoms with Crippen molar-refractivity contribution < 1.29 is 5.11 Å². The van der Waals surface area contributed by atoms with Crippen molar-refractivity contribution in [1.29, 1.82) is 0 Å². The van der Waals surface area contributed by atoms with Crippen molar-refractivity contribution in [3.8, 4) is 0 Å². The lowest BCUT2D eigenvalue weighted by Crippen LogP contribution is -2.15. The number of aliphatic hydroxyl groups is 1. The number of hydrogen-bond acceptors (Lipinski definition) is 1. The first-order chi connectivity index (χ1) is 9.86. The van der Waals surface area contributed by atoms with E-state index < -0.39 is 6.10 Å². The Kier molecular flexibility index (Phi) is 4.75. The fourth-order valence-electron chi connectivity index (χ4n) is 2.38. The smallest absolute Gasteiger partial charge is 0.105 e. The van der Waals surface area contributed by atoms with Crippen LogP contribution in [0.2, 0.25) is 5.02 Å². The third-order valence-electron chi connectivity index (χ3n) is 4.41. The van der Waals surface area contributed by atoms with Crippen LogP contribution in [0, 0.1) is 6.92 Å². The molecule has 0 saturated heterocycles. The Morgan fingerprint density at radius 1 is 1.10 bits per heavy atom.